The minimum Gasteiger partial charge on any atom is -0.424 e. The second-order valence-electron chi connectivity index (χ2n) is 16.7. The first kappa shape index (κ1) is 41.3. The van der Waals surface area contributed by atoms with E-state index in [9.17, 15) is 9.59 Å². The van der Waals surface area contributed by atoms with E-state index in [2.05, 4.69) is 72.9 Å². The van der Waals surface area contributed by atoms with Crippen molar-refractivity contribution in [2.75, 3.05) is 85.1 Å². The number of hydrogen-bond acceptors (Lipinski definition) is 19. The monoisotopic (exact) mass is 899 g/mol. The minimum atomic E-state index is -0.130. The molecule has 22 nitrogen and oxygen atoms in total. The molecule has 0 spiro atoms. The number of nitrogens with two attached hydrogens (primary N) is 3. The maximum Gasteiger partial charge on any atom is 0.292 e. The smallest absolute Gasteiger partial charge is 0.292 e. The molecule has 2 fully saturated rings. The fraction of sp³-hybridized carbons (Fsp3) is 0.289. The van der Waals surface area contributed by atoms with E-state index < -0.39 is 0 Å². The molecule has 22 heteroatoms. The summed E-state index contributed by atoms with van der Waals surface area (Å²) in [6, 6.07) is 11.9. The topological polar surface area (TPSA) is 275 Å². The zero-order valence-electron chi connectivity index (χ0n) is 36.3. The van der Waals surface area contributed by atoms with Crippen LogP contribution in [0.15, 0.2) is 84.3 Å². The molecule has 2 amide bonds. The van der Waals surface area contributed by atoms with E-state index in [4.69, 9.17) is 26.7 Å². The molecule has 0 aliphatic carbocycles. The normalized spacial score (nSPS) is 15.4. The van der Waals surface area contributed by atoms with Crippen molar-refractivity contribution in [3.8, 4) is 11.3 Å². The summed E-state index contributed by atoms with van der Waals surface area (Å²) in [6.07, 6.45) is 12.0. The van der Waals surface area contributed by atoms with E-state index in [1.807, 2.05) is 26.6 Å². The molecule has 3 aliphatic rings. The molecule has 67 heavy (non-hydrogen) atoms. The van der Waals surface area contributed by atoms with Crippen LogP contribution in [0.3, 0.4) is 0 Å². The van der Waals surface area contributed by atoms with Gasteiger partial charge in [-0.25, -0.2) is 44.6 Å². The van der Waals surface area contributed by atoms with E-state index in [0.717, 1.165) is 35.3 Å². The number of nitrogens with zero attached hydrogens (tertiary/aromatic N) is 16. The van der Waals surface area contributed by atoms with Crippen molar-refractivity contribution in [3.63, 3.8) is 0 Å². The molecule has 2 aromatic carbocycles. The van der Waals surface area contributed by atoms with Crippen molar-refractivity contribution in [1.82, 2.24) is 64.4 Å². The number of fused-ring (bicyclic) bond motifs is 3. The Labute approximate surface area is 382 Å². The third kappa shape index (κ3) is 8.06. The second-order valence-corrected chi connectivity index (χ2v) is 16.7. The van der Waals surface area contributed by atoms with Crippen molar-refractivity contribution < 1.29 is 14.0 Å². The summed E-state index contributed by atoms with van der Waals surface area (Å²) < 4.78 is 7.28. The van der Waals surface area contributed by atoms with Gasteiger partial charge in [0.15, 0.2) is 11.2 Å². The number of anilines is 5. The Morgan fingerprint density at radius 2 is 1.24 bits per heavy atom. The summed E-state index contributed by atoms with van der Waals surface area (Å²) in [5, 5.41) is 5.59. The van der Waals surface area contributed by atoms with Crippen molar-refractivity contribution in [1.29, 1.82) is 0 Å². The van der Waals surface area contributed by atoms with Gasteiger partial charge >= 0.3 is 0 Å². The van der Waals surface area contributed by atoms with Gasteiger partial charge in [-0.15, -0.1) is 0 Å². The van der Waals surface area contributed by atoms with Gasteiger partial charge in [-0.2, -0.15) is 10.1 Å². The number of piperazine rings is 2. The first-order valence-electron chi connectivity index (χ1n) is 22.0. The fourth-order valence-corrected chi connectivity index (χ4v) is 8.87. The Kier molecular flexibility index (Phi) is 10.6. The lowest BCUT2D eigenvalue weighted by Gasteiger charge is -2.35. The molecule has 338 valence electrons. The average Bonchev–Trinajstić information content (AvgIpc) is 3.95. The SMILES string of the molecule is NCc1cnc(N2CCN(c3ncc(C(=O)N4CCN(c5ncc(C(=O)N6CCc7cc(Cn8nc(-c9ccc%10oc(N)nc%10c9)c9c(N)ncnc98)ccc7C6)cn5)CC4)cn3)CC2)nc1. The van der Waals surface area contributed by atoms with E-state index in [0.29, 0.717) is 134 Å². The number of rotatable bonds is 9. The number of carbonyl (C=O) groups excluding carboxylic acids is 2. The van der Waals surface area contributed by atoms with E-state index >= 15 is 0 Å². The molecular weight excluding hydrogens is 855 g/mol. The van der Waals surface area contributed by atoms with Gasteiger partial charge in [-0.1, -0.05) is 18.2 Å². The molecule has 0 radical (unpaired) electrons. The van der Waals surface area contributed by atoms with Crippen LogP contribution < -0.4 is 31.9 Å². The summed E-state index contributed by atoms with van der Waals surface area (Å²) in [5.41, 5.74) is 26.1. The van der Waals surface area contributed by atoms with Crippen LogP contribution in [0.2, 0.25) is 0 Å². The fourth-order valence-electron chi connectivity index (χ4n) is 8.87. The number of carbonyl (C=O) groups is 2. The van der Waals surface area contributed by atoms with Crippen LogP contribution in [0.4, 0.5) is 29.7 Å². The van der Waals surface area contributed by atoms with Crippen molar-refractivity contribution in [2.24, 2.45) is 5.73 Å². The van der Waals surface area contributed by atoms with Crippen LogP contribution in [0.1, 0.15) is 43.0 Å². The van der Waals surface area contributed by atoms with Crippen molar-refractivity contribution in [2.45, 2.75) is 26.1 Å². The van der Waals surface area contributed by atoms with Gasteiger partial charge in [0.1, 0.15) is 23.4 Å². The molecule has 8 aromatic rings. The Morgan fingerprint density at radius 3 is 1.88 bits per heavy atom. The minimum absolute atomic E-state index is 0.0904. The number of nitrogen functional groups attached to an aromatic ring is 2. The maximum atomic E-state index is 13.7. The number of oxazole rings is 1. The van der Waals surface area contributed by atoms with E-state index in [-0.39, 0.29) is 17.8 Å². The molecular formula is C45H45N19O3. The molecule has 2 saturated heterocycles. The predicted molar refractivity (Wildman–Crippen MR) is 248 cm³/mol. The van der Waals surface area contributed by atoms with E-state index in [1.54, 1.807) is 48.1 Å². The standard InChI is InChI=1S/C45H45N19O3/c46-17-28-18-49-43(50-19-28)61-11-13-62(14-12-61)45-51-20-32(21-52-45)40(65)59-7-9-60(10-8-59)44-53-22-33(23-54-44)41(66)63-6-5-29-15-27(1-2-31(29)25-63)24-64-39-36(38(47)55-26-56-39)37(58-64)30-3-4-35-34(16-30)57-42(48)67-35/h1-4,15-16,18-23,26H,5-14,17,24-25,46H2,(H2,48,57)(H2,47,55,56). The highest BCUT2D eigenvalue weighted by Crippen LogP contribution is 2.33. The lowest BCUT2D eigenvalue weighted by atomic mass is 9.97. The summed E-state index contributed by atoms with van der Waals surface area (Å²) in [6.45, 7) is 6.77. The zero-order chi connectivity index (χ0) is 45.6. The molecule has 9 heterocycles. The summed E-state index contributed by atoms with van der Waals surface area (Å²) >= 11 is 0. The first-order chi connectivity index (χ1) is 32.7. The van der Waals surface area contributed by atoms with Crippen LogP contribution in [0.5, 0.6) is 0 Å². The Morgan fingerprint density at radius 1 is 0.627 bits per heavy atom. The number of hydrogen-bond donors (Lipinski definition) is 3. The van der Waals surface area contributed by atoms with Crippen LogP contribution >= 0.6 is 0 Å². The summed E-state index contributed by atoms with van der Waals surface area (Å²) in [5.74, 6) is 1.85. The van der Waals surface area contributed by atoms with Gasteiger partial charge in [0, 0.05) is 120 Å². The molecule has 0 atom stereocenters. The molecule has 0 bridgehead atoms. The van der Waals surface area contributed by atoms with Crippen molar-refractivity contribution in [3.05, 3.63) is 113 Å². The largest absolute Gasteiger partial charge is 0.424 e. The highest BCUT2D eigenvalue weighted by Gasteiger charge is 2.28. The van der Waals surface area contributed by atoms with Gasteiger partial charge in [0.05, 0.1) is 23.1 Å². The Bertz CT molecular complexity index is 3120. The van der Waals surface area contributed by atoms with Crippen LogP contribution in [0, 0.1) is 0 Å². The second kappa shape index (κ2) is 17.2. The molecule has 11 rings (SSSR count). The number of amides is 2. The van der Waals surface area contributed by atoms with Crippen LogP contribution in [-0.2, 0) is 26.1 Å². The molecule has 3 aliphatic heterocycles. The first-order valence-corrected chi connectivity index (χ1v) is 22.0. The van der Waals surface area contributed by atoms with E-state index in [1.165, 1.54) is 11.9 Å². The Balaban J connectivity index is 0.677. The van der Waals surface area contributed by atoms with Gasteiger partial charge in [0.2, 0.25) is 17.8 Å². The highest BCUT2D eigenvalue weighted by molar-refractivity contribution is 5.99. The molecule has 0 unspecified atom stereocenters. The molecule has 6 aromatic heterocycles. The van der Waals surface area contributed by atoms with Crippen molar-refractivity contribution >= 4 is 63.6 Å². The van der Waals surface area contributed by atoms with Gasteiger partial charge < -0.3 is 46.1 Å². The number of benzene rings is 2. The van der Waals surface area contributed by atoms with Gasteiger partial charge in [-0.05, 0) is 41.3 Å². The lowest BCUT2D eigenvalue weighted by Crippen LogP contribution is -2.49. The highest BCUT2D eigenvalue weighted by atomic mass is 16.4. The van der Waals surface area contributed by atoms with Gasteiger partial charge in [0.25, 0.3) is 17.8 Å². The predicted octanol–water partition coefficient (Wildman–Crippen LogP) is 2.16. The van der Waals surface area contributed by atoms with Gasteiger partial charge in [-0.3, -0.25) is 9.59 Å². The number of aromatic nitrogens is 11. The van der Waals surface area contributed by atoms with Crippen LogP contribution in [0.25, 0.3) is 33.4 Å². The quantitative estimate of drug-likeness (QED) is 0.187. The summed E-state index contributed by atoms with van der Waals surface area (Å²) in [4.78, 5) is 77.2. The summed E-state index contributed by atoms with van der Waals surface area (Å²) in [7, 11) is 0. The Hall–Kier alpha value is -8.40. The maximum absolute atomic E-state index is 13.7. The lowest BCUT2D eigenvalue weighted by molar-refractivity contribution is 0.0729. The third-order valence-electron chi connectivity index (χ3n) is 12.5. The average molecular weight is 900 g/mol. The van der Waals surface area contributed by atoms with Crippen LogP contribution in [-0.4, -0.2) is 135 Å². The third-order valence-corrected chi connectivity index (χ3v) is 12.5. The molecule has 0 saturated carbocycles. The molecule has 6 N–H and O–H groups in total. The zero-order valence-corrected chi connectivity index (χ0v) is 36.3.